The molecular weight excluding hydrogens is 385 g/mol. The van der Waals surface area contributed by atoms with Crippen LogP contribution in [0.3, 0.4) is 0 Å². The second-order valence-corrected chi connectivity index (χ2v) is 8.79. The molecule has 0 aromatic heterocycles. The van der Waals surface area contributed by atoms with Gasteiger partial charge in [0.15, 0.2) is 5.96 Å². The number of rotatable bonds is 5. The molecule has 1 N–H and O–H groups in total. The molecule has 2 heterocycles. The van der Waals surface area contributed by atoms with Crippen LogP contribution in [0.4, 0.5) is 13.2 Å². The van der Waals surface area contributed by atoms with E-state index in [1.54, 1.807) is 7.05 Å². The molecule has 7 nitrogen and oxygen atoms in total. The largest absolute Gasteiger partial charge is 0.511 e. The quantitative estimate of drug-likeness (QED) is 0.547. The van der Waals surface area contributed by atoms with Gasteiger partial charge in [-0.05, 0) is 38.5 Å². The summed E-state index contributed by atoms with van der Waals surface area (Å²) in [5, 5.41) is 3.28. The van der Waals surface area contributed by atoms with Gasteiger partial charge in [-0.2, -0.15) is 17.5 Å². The van der Waals surface area contributed by atoms with Crippen LogP contribution in [-0.2, 0) is 14.8 Å². The molecule has 0 amide bonds. The zero-order valence-corrected chi connectivity index (χ0v) is 16.7. The molecule has 27 heavy (non-hydrogen) atoms. The molecule has 2 saturated heterocycles. The first-order chi connectivity index (χ1) is 12.7. The average molecular weight is 414 g/mol. The predicted molar refractivity (Wildman–Crippen MR) is 96.9 cm³/mol. The Bertz CT molecular complexity index is 597. The predicted octanol–water partition coefficient (Wildman–Crippen LogP) is 1.62. The van der Waals surface area contributed by atoms with E-state index >= 15 is 0 Å². The minimum Gasteiger partial charge on any atom is -0.378 e. The smallest absolute Gasteiger partial charge is 0.378 e. The van der Waals surface area contributed by atoms with Crippen LogP contribution in [0.5, 0.6) is 0 Å². The molecule has 0 spiro atoms. The van der Waals surface area contributed by atoms with E-state index in [9.17, 15) is 21.6 Å². The van der Waals surface area contributed by atoms with Gasteiger partial charge in [0.2, 0.25) is 0 Å². The van der Waals surface area contributed by atoms with Crippen LogP contribution in [-0.4, -0.2) is 81.6 Å². The van der Waals surface area contributed by atoms with Gasteiger partial charge in [-0.25, -0.2) is 8.42 Å². The van der Waals surface area contributed by atoms with Crippen LogP contribution in [0.25, 0.3) is 0 Å². The van der Waals surface area contributed by atoms with Gasteiger partial charge in [0.1, 0.15) is 0 Å². The number of halogens is 3. The van der Waals surface area contributed by atoms with Gasteiger partial charge in [-0.3, -0.25) is 4.99 Å². The number of nitrogens with zero attached hydrogens (tertiary/aromatic N) is 3. The number of alkyl halides is 3. The summed E-state index contributed by atoms with van der Waals surface area (Å²) in [6.07, 6.45) is 2.94. The summed E-state index contributed by atoms with van der Waals surface area (Å²) in [6.45, 7) is 4.73. The van der Waals surface area contributed by atoms with E-state index in [1.807, 2.05) is 6.92 Å². The number of ether oxygens (including phenoxy) is 1. The maximum absolute atomic E-state index is 12.6. The van der Waals surface area contributed by atoms with Gasteiger partial charge in [-0.1, -0.05) is 0 Å². The highest BCUT2D eigenvalue weighted by atomic mass is 32.2. The molecule has 0 aliphatic carbocycles. The van der Waals surface area contributed by atoms with Crippen LogP contribution in [0.1, 0.15) is 32.6 Å². The molecule has 0 saturated carbocycles. The van der Waals surface area contributed by atoms with Crippen LogP contribution >= 0.6 is 0 Å². The fraction of sp³-hybridized carbons (Fsp3) is 0.938. The molecule has 2 fully saturated rings. The van der Waals surface area contributed by atoms with Crippen LogP contribution in [0.2, 0.25) is 0 Å². The highest BCUT2D eigenvalue weighted by molar-refractivity contribution is 7.90. The fourth-order valence-corrected chi connectivity index (χ4v) is 4.52. The molecule has 158 valence electrons. The van der Waals surface area contributed by atoms with Gasteiger partial charge in [0.25, 0.3) is 0 Å². The normalized spacial score (nSPS) is 22.3. The van der Waals surface area contributed by atoms with Crippen molar-refractivity contribution in [2.75, 3.05) is 46.4 Å². The van der Waals surface area contributed by atoms with Crippen molar-refractivity contribution < 1.29 is 26.3 Å². The molecule has 0 atom stereocenters. The fourth-order valence-electron chi connectivity index (χ4n) is 3.54. The Morgan fingerprint density at radius 2 is 1.74 bits per heavy atom. The number of hydrogen-bond donors (Lipinski definition) is 1. The standard InChI is InChI=1S/C16H29F3N4O3S/c1-3-26-14-6-8-22(9-7-14)15(20-2)21-12-13-4-10-23(11-5-13)27(24,25)16(17,18)19/h13-14H,3-12H2,1-2H3,(H,20,21). The maximum Gasteiger partial charge on any atom is 0.511 e. The molecule has 2 aliphatic heterocycles. The number of sulfonamides is 1. The van der Waals surface area contributed by atoms with E-state index in [1.165, 1.54) is 0 Å². The highest BCUT2D eigenvalue weighted by Crippen LogP contribution is 2.30. The summed E-state index contributed by atoms with van der Waals surface area (Å²) in [5.41, 5.74) is -5.23. The van der Waals surface area contributed by atoms with E-state index in [0.717, 1.165) is 31.9 Å². The van der Waals surface area contributed by atoms with Crippen LogP contribution < -0.4 is 5.32 Å². The van der Waals surface area contributed by atoms with Crippen LogP contribution in [0, 0.1) is 5.92 Å². The zero-order valence-electron chi connectivity index (χ0n) is 15.8. The van der Waals surface area contributed by atoms with Crippen molar-refractivity contribution >= 4 is 16.0 Å². The number of guanidine groups is 1. The molecule has 2 rings (SSSR count). The van der Waals surface area contributed by atoms with E-state index in [-0.39, 0.29) is 25.1 Å². The third-order valence-corrected chi connectivity index (χ3v) is 6.74. The second-order valence-electron chi connectivity index (χ2n) is 6.86. The number of aliphatic imine (C=N–C) groups is 1. The molecule has 0 aromatic carbocycles. The first-order valence-electron chi connectivity index (χ1n) is 9.32. The Hall–Kier alpha value is -1.07. The Morgan fingerprint density at radius 3 is 2.22 bits per heavy atom. The summed E-state index contributed by atoms with van der Waals surface area (Å²) >= 11 is 0. The number of piperidine rings is 2. The first kappa shape index (κ1) is 22.2. The number of hydrogen-bond acceptors (Lipinski definition) is 4. The van der Waals surface area contributed by atoms with Gasteiger partial charge >= 0.3 is 15.5 Å². The second kappa shape index (κ2) is 9.42. The van der Waals surface area contributed by atoms with Gasteiger partial charge in [-0.15, -0.1) is 0 Å². The minimum absolute atomic E-state index is 0.105. The third kappa shape index (κ3) is 5.71. The molecule has 0 unspecified atom stereocenters. The maximum atomic E-state index is 12.6. The van der Waals surface area contributed by atoms with Crippen molar-refractivity contribution in [3.8, 4) is 0 Å². The molecule has 0 aromatic rings. The lowest BCUT2D eigenvalue weighted by molar-refractivity contribution is -0.0496. The Kier molecular flexibility index (Phi) is 7.75. The molecule has 0 radical (unpaired) electrons. The molecule has 2 aliphatic rings. The summed E-state index contributed by atoms with van der Waals surface area (Å²) in [5.74, 6) is 0.887. The zero-order chi connectivity index (χ0) is 20.1. The van der Waals surface area contributed by atoms with Crippen LogP contribution in [0.15, 0.2) is 4.99 Å². The Morgan fingerprint density at radius 1 is 1.15 bits per heavy atom. The van der Waals surface area contributed by atoms with E-state index < -0.39 is 15.5 Å². The topological polar surface area (TPSA) is 74.2 Å². The monoisotopic (exact) mass is 414 g/mol. The van der Waals surface area contributed by atoms with Crippen molar-refractivity contribution in [1.82, 2.24) is 14.5 Å². The summed E-state index contributed by atoms with van der Waals surface area (Å²) in [4.78, 5) is 6.44. The number of likely N-dealkylation sites (tertiary alicyclic amines) is 1. The summed E-state index contributed by atoms with van der Waals surface area (Å²) in [7, 11) is -3.51. The SMILES string of the molecule is CCOC1CCN(C(=NC)NCC2CCN(S(=O)(=O)C(F)(F)F)CC2)CC1. The lowest BCUT2D eigenvalue weighted by atomic mass is 9.98. The van der Waals surface area contributed by atoms with Crippen molar-refractivity contribution in [3.63, 3.8) is 0 Å². The van der Waals surface area contributed by atoms with Crippen molar-refractivity contribution in [2.24, 2.45) is 10.9 Å². The van der Waals surface area contributed by atoms with Crippen molar-refractivity contribution in [1.29, 1.82) is 0 Å². The molecule has 0 bridgehead atoms. The summed E-state index contributed by atoms with van der Waals surface area (Å²) < 4.78 is 67.0. The molecular formula is C16H29F3N4O3S. The lowest BCUT2D eigenvalue weighted by Crippen LogP contribution is -2.49. The third-order valence-electron chi connectivity index (χ3n) is 5.11. The first-order valence-corrected chi connectivity index (χ1v) is 10.8. The average Bonchev–Trinajstić information content (AvgIpc) is 2.63. The van der Waals surface area contributed by atoms with E-state index in [4.69, 9.17) is 4.74 Å². The van der Waals surface area contributed by atoms with Gasteiger partial charge in [0.05, 0.1) is 6.10 Å². The van der Waals surface area contributed by atoms with Gasteiger partial charge in [0, 0.05) is 46.4 Å². The minimum atomic E-state index is -5.23. The van der Waals surface area contributed by atoms with Gasteiger partial charge < -0.3 is 15.0 Å². The van der Waals surface area contributed by atoms with E-state index in [2.05, 4.69) is 15.2 Å². The highest BCUT2D eigenvalue weighted by Gasteiger charge is 2.50. The Labute approximate surface area is 159 Å². The Balaban J connectivity index is 1.77. The van der Waals surface area contributed by atoms with Crippen molar-refractivity contribution in [3.05, 3.63) is 0 Å². The van der Waals surface area contributed by atoms with E-state index in [0.29, 0.717) is 30.3 Å². The summed E-state index contributed by atoms with van der Waals surface area (Å²) in [6, 6.07) is 0. The number of nitrogens with one attached hydrogen (secondary N) is 1. The van der Waals surface area contributed by atoms with Crippen molar-refractivity contribution in [2.45, 2.75) is 44.2 Å². The molecule has 11 heteroatoms. The lowest BCUT2D eigenvalue weighted by Gasteiger charge is -2.35.